The van der Waals surface area contributed by atoms with E-state index in [0.717, 1.165) is 15.6 Å². The zero-order valence-corrected chi connectivity index (χ0v) is 11.6. The van der Waals surface area contributed by atoms with Crippen LogP contribution in [-0.2, 0) is 6.42 Å². The van der Waals surface area contributed by atoms with Gasteiger partial charge in [-0.25, -0.2) is 9.78 Å². The lowest BCUT2D eigenvalue weighted by Crippen LogP contribution is -1.98. The number of hydrogen-bond donors (Lipinski definition) is 1. The molecule has 0 radical (unpaired) electrons. The summed E-state index contributed by atoms with van der Waals surface area (Å²) >= 11 is 3.46. The highest BCUT2D eigenvalue weighted by atomic mass is 79.9. The molecule has 0 bridgehead atoms. The molecule has 0 saturated heterocycles. The zero-order valence-electron chi connectivity index (χ0n) is 10.0. The first-order chi connectivity index (χ1) is 8.54. The van der Waals surface area contributed by atoms with Crippen molar-refractivity contribution in [3.8, 4) is 11.5 Å². The molecule has 2 aromatic rings. The van der Waals surface area contributed by atoms with Crippen LogP contribution in [0, 0.1) is 6.92 Å². The molecule has 0 unspecified atom stereocenters. The van der Waals surface area contributed by atoms with Crippen molar-refractivity contribution in [2.75, 3.05) is 0 Å². The van der Waals surface area contributed by atoms with Crippen molar-refractivity contribution in [1.82, 2.24) is 4.98 Å². The first-order valence-corrected chi connectivity index (χ1v) is 6.32. The Hall–Kier alpha value is -1.62. The Morgan fingerprint density at radius 3 is 2.78 bits per heavy atom. The van der Waals surface area contributed by atoms with E-state index in [1.807, 2.05) is 32.0 Å². The number of halogens is 1. The van der Waals surface area contributed by atoms with Crippen LogP contribution in [0.5, 0.6) is 0 Å². The summed E-state index contributed by atoms with van der Waals surface area (Å²) in [6.45, 7) is 3.80. The van der Waals surface area contributed by atoms with Crippen LogP contribution in [0.15, 0.2) is 27.1 Å². The molecule has 0 amide bonds. The smallest absolute Gasteiger partial charge is 0.373 e. The average molecular weight is 310 g/mol. The highest BCUT2D eigenvalue weighted by molar-refractivity contribution is 9.10. The fraction of sp³-hybridized carbons (Fsp3) is 0.231. The van der Waals surface area contributed by atoms with Crippen LogP contribution >= 0.6 is 15.9 Å². The van der Waals surface area contributed by atoms with Crippen molar-refractivity contribution in [2.45, 2.75) is 20.3 Å². The molecule has 1 aromatic carbocycles. The van der Waals surface area contributed by atoms with Crippen LogP contribution in [-0.4, -0.2) is 16.1 Å². The fourth-order valence-electron chi connectivity index (χ4n) is 1.69. The van der Waals surface area contributed by atoms with Gasteiger partial charge in [-0.15, -0.1) is 0 Å². The number of aromatic nitrogens is 1. The van der Waals surface area contributed by atoms with E-state index < -0.39 is 5.97 Å². The summed E-state index contributed by atoms with van der Waals surface area (Å²) in [7, 11) is 0. The third kappa shape index (κ3) is 2.18. The lowest BCUT2D eigenvalue weighted by Gasteiger charge is -2.02. The SMILES string of the molecule is CCc1nc(-c2cccc(C)c2Br)oc1C(=O)O. The van der Waals surface area contributed by atoms with E-state index in [4.69, 9.17) is 9.52 Å². The maximum atomic E-state index is 11.0. The minimum absolute atomic E-state index is 0.0825. The summed E-state index contributed by atoms with van der Waals surface area (Å²) in [5, 5.41) is 9.04. The van der Waals surface area contributed by atoms with Gasteiger partial charge in [-0.1, -0.05) is 19.1 Å². The number of nitrogens with zero attached hydrogens (tertiary/aromatic N) is 1. The number of carboxylic acids is 1. The fourth-order valence-corrected chi connectivity index (χ4v) is 2.12. The van der Waals surface area contributed by atoms with Crippen molar-refractivity contribution in [1.29, 1.82) is 0 Å². The number of carbonyl (C=O) groups is 1. The van der Waals surface area contributed by atoms with Gasteiger partial charge in [0.05, 0.1) is 11.3 Å². The normalized spacial score (nSPS) is 10.6. The van der Waals surface area contributed by atoms with E-state index in [-0.39, 0.29) is 5.76 Å². The van der Waals surface area contributed by atoms with Crippen LogP contribution in [0.2, 0.25) is 0 Å². The van der Waals surface area contributed by atoms with Gasteiger partial charge in [0.2, 0.25) is 11.7 Å². The molecule has 0 spiro atoms. The first-order valence-electron chi connectivity index (χ1n) is 5.53. The molecule has 5 heteroatoms. The van der Waals surface area contributed by atoms with Gasteiger partial charge < -0.3 is 9.52 Å². The standard InChI is InChI=1S/C13H12BrNO3/c1-3-9-11(13(16)17)18-12(15-9)8-6-4-5-7(2)10(8)14/h4-6H,3H2,1-2H3,(H,16,17). The third-order valence-electron chi connectivity index (χ3n) is 2.65. The van der Waals surface area contributed by atoms with Gasteiger partial charge in [-0.2, -0.15) is 0 Å². The molecule has 0 aliphatic heterocycles. The number of carboxylic acid groups (broad SMARTS) is 1. The van der Waals surface area contributed by atoms with E-state index in [9.17, 15) is 4.79 Å². The van der Waals surface area contributed by atoms with E-state index in [0.29, 0.717) is 18.0 Å². The monoisotopic (exact) mass is 309 g/mol. The molecule has 1 aromatic heterocycles. The summed E-state index contributed by atoms with van der Waals surface area (Å²) in [5.41, 5.74) is 2.27. The Morgan fingerprint density at radius 1 is 1.50 bits per heavy atom. The highest BCUT2D eigenvalue weighted by Crippen LogP contribution is 2.31. The van der Waals surface area contributed by atoms with Gasteiger partial charge in [0.15, 0.2) is 0 Å². The molecular formula is C13H12BrNO3. The summed E-state index contributed by atoms with van der Waals surface area (Å²) in [5.74, 6) is -0.838. The number of hydrogen-bond acceptors (Lipinski definition) is 3. The van der Waals surface area contributed by atoms with E-state index in [1.54, 1.807) is 0 Å². The molecule has 0 saturated carbocycles. The van der Waals surface area contributed by atoms with Crippen molar-refractivity contribution in [2.24, 2.45) is 0 Å². The number of rotatable bonds is 3. The molecule has 0 atom stereocenters. The molecule has 0 aliphatic rings. The highest BCUT2D eigenvalue weighted by Gasteiger charge is 2.20. The van der Waals surface area contributed by atoms with Crippen LogP contribution in [0.1, 0.15) is 28.7 Å². The molecule has 1 N–H and O–H groups in total. The minimum atomic E-state index is -1.09. The molecule has 1 heterocycles. The second-order valence-electron chi connectivity index (χ2n) is 3.89. The molecule has 94 valence electrons. The van der Waals surface area contributed by atoms with Crippen LogP contribution in [0.4, 0.5) is 0 Å². The molecule has 2 rings (SSSR count). The summed E-state index contributed by atoms with van der Waals surface area (Å²) in [6.07, 6.45) is 0.522. The Balaban J connectivity index is 2.58. The van der Waals surface area contributed by atoms with Gasteiger partial charge in [0, 0.05) is 4.47 Å². The van der Waals surface area contributed by atoms with Crippen molar-refractivity contribution < 1.29 is 14.3 Å². The number of oxazole rings is 1. The number of benzene rings is 1. The van der Waals surface area contributed by atoms with Crippen molar-refractivity contribution >= 4 is 21.9 Å². The van der Waals surface area contributed by atoms with Gasteiger partial charge in [0.25, 0.3) is 0 Å². The average Bonchev–Trinajstić information content (AvgIpc) is 2.76. The maximum Gasteiger partial charge on any atom is 0.373 e. The van der Waals surface area contributed by atoms with Crippen LogP contribution < -0.4 is 0 Å². The van der Waals surface area contributed by atoms with E-state index >= 15 is 0 Å². The van der Waals surface area contributed by atoms with Crippen LogP contribution in [0.3, 0.4) is 0 Å². The molecule has 0 fully saturated rings. The predicted octanol–water partition coefficient (Wildman–Crippen LogP) is 3.67. The minimum Gasteiger partial charge on any atom is -0.475 e. The zero-order chi connectivity index (χ0) is 13.3. The van der Waals surface area contributed by atoms with Crippen molar-refractivity contribution in [3.05, 3.63) is 39.7 Å². The Labute approximate surface area is 113 Å². The van der Waals surface area contributed by atoms with Crippen LogP contribution in [0.25, 0.3) is 11.5 Å². The molecule has 0 aliphatic carbocycles. The van der Waals surface area contributed by atoms with Gasteiger partial charge in [0.1, 0.15) is 0 Å². The Kier molecular flexibility index (Phi) is 3.52. The first kappa shape index (κ1) is 12.8. The van der Waals surface area contributed by atoms with Gasteiger partial charge in [-0.05, 0) is 40.9 Å². The maximum absolute atomic E-state index is 11.0. The molecule has 4 nitrogen and oxygen atoms in total. The predicted molar refractivity (Wildman–Crippen MR) is 70.7 cm³/mol. The summed E-state index contributed by atoms with van der Waals surface area (Å²) < 4.78 is 6.21. The second kappa shape index (κ2) is 4.94. The summed E-state index contributed by atoms with van der Waals surface area (Å²) in [6, 6.07) is 5.68. The topological polar surface area (TPSA) is 63.3 Å². The lowest BCUT2D eigenvalue weighted by molar-refractivity contribution is 0.0662. The third-order valence-corrected chi connectivity index (χ3v) is 3.70. The molecular weight excluding hydrogens is 298 g/mol. The lowest BCUT2D eigenvalue weighted by atomic mass is 10.1. The van der Waals surface area contributed by atoms with Crippen molar-refractivity contribution in [3.63, 3.8) is 0 Å². The quantitative estimate of drug-likeness (QED) is 0.939. The number of aromatic carboxylic acids is 1. The van der Waals surface area contributed by atoms with E-state index in [2.05, 4.69) is 20.9 Å². The number of aryl methyl sites for hydroxylation is 2. The Morgan fingerprint density at radius 2 is 2.22 bits per heavy atom. The molecule has 18 heavy (non-hydrogen) atoms. The second-order valence-corrected chi connectivity index (χ2v) is 4.68. The summed E-state index contributed by atoms with van der Waals surface area (Å²) in [4.78, 5) is 15.3. The van der Waals surface area contributed by atoms with Gasteiger partial charge in [-0.3, -0.25) is 0 Å². The van der Waals surface area contributed by atoms with E-state index in [1.165, 1.54) is 0 Å². The largest absolute Gasteiger partial charge is 0.475 e. The van der Waals surface area contributed by atoms with Gasteiger partial charge >= 0.3 is 5.97 Å². The Bertz CT molecular complexity index is 604.